The van der Waals surface area contributed by atoms with E-state index in [1.807, 2.05) is 0 Å². The van der Waals surface area contributed by atoms with Crippen molar-refractivity contribution in [2.75, 3.05) is 39.6 Å². The number of aliphatic hydroxyl groups excluding tert-OH is 1. The lowest BCUT2D eigenvalue weighted by Gasteiger charge is -2.21. The lowest BCUT2D eigenvalue weighted by Crippen LogP contribution is -2.30. The molecule has 81 heavy (non-hydrogen) atoms. The molecule has 0 radical (unpaired) electrons. The number of phosphoric acid groups is 2. The number of carbonyl (C=O) groups excluding carboxylic acids is 4. The highest BCUT2D eigenvalue weighted by molar-refractivity contribution is 7.47. The lowest BCUT2D eigenvalue weighted by atomic mass is 10.0. The second-order valence-electron chi connectivity index (χ2n) is 23.4. The van der Waals surface area contributed by atoms with Gasteiger partial charge >= 0.3 is 39.5 Å². The van der Waals surface area contributed by atoms with Gasteiger partial charge in [-0.3, -0.25) is 37.3 Å². The standard InChI is InChI=1S/C62H120O17P2/c1-7-9-11-13-14-20-28-34-40-46-61(66)78-57(50-72-59(64)44-38-30-12-10-8-2)52-76-80(68,69)74-48-56(63)49-75-81(70,71)77-53-58(51-73-60(65)45-39-33-27-24-23-26-32-37-43-55(5)6)79-62(67)47-41-35-29-22-19-17-15-16-18-21-25-31-36-42-54(3)4/h54-58,63H,7-53H2,1-6H3,(H,68,69)(H,70,71)/t56-,57+,58+/m0/s1. The summed E-state index contributed by atoms with van der Waals surface area (Å²) in [5, 5.41) is 10.5. The second-order valence-corrected chi connectivity index (χ2v) is 26.3. The van der Waals surface area contributed by atoms with Gasteiger partial charge in [-0.1, -0.05) is 253 Å². The van der Waals surface area contributed by atoms with Gasteiger partial charge in [-0.15, -0.1) is 0 Å². The number of carbonyl (C=O) groups is 4. The van der Waals surface area contributed by atoms with Gasteiger partial charge in [0.2, 0.25) is 0 Å². The molecule has 19 heteroatoms. The van der Waals surface area contributed by atoms with Gasteiger partial charge in [0.05, 0.1) is 26.4 Å². The topological polar surface area (TPSA) is 237 Å². The summed E-state index contributed by atoms with van der Waals surface area (Å²) in [5.41, 5.74) is 0. The molecular weight excluding hydrogens is 1080 g/mol. The van der Waals surface area contributed by atoms with E-state index in [0.29, 0.717) is 25.7 Å². The SMILES string of the molecule is CCCCCCCCCCCC(=O)O[C@H](COC(=O)CCCCCCC)COP(=O)(O)OC[C@H](O)COP(=O)(O)OC[C@@H](COC(=O)CCCCCCCCCCC(C)C)OC(=O)CCCCCCCCCCCCCCCC(C)C. The van der Waals surface area contributed by atoms with Crippen molar-refractivity contribution < 1.29 is 80.2 Å². The highest BCUT2D eigenvalue weighted by Crippen LogP contribution is 2.45. The zero-order chi connectivity index (χ0) is 60.1. The molecule has 0 aromatic rings. The summed E-state index contributed by atoms with van der Waals surface area (Å²) in [4.78, 5) is 71.8. The zero-order valence-electron chi connectivity index (χ0n) is 52.1. The van der Waals surface area contributed by atoms with Crippen LogP contribution in [0.4, 0.5) is 0 Å². The van der Waals surface area contributed by atoms with E-state index in [9.17, 15) is 43.2 Å². The van der Waals surface area contributed by atoms with Crippen molar-refractivity contribution in [2.45, 2.75) is 323 Å². The Labute approximate surface area is 492 Å². The third kappa shape index (κ3) is 56.9. The Balaban J connectivity index is 5.16. The van der Waals surface area contributed by atoms with Gasteiger partial charge in [0.15, 0.2) is 12.2 Å². The van der Waals surface area contributed by atoms with Crippen LogP contribution in [0.25, 0.3) is 0 Å². The Kier molecular flexibility index (Phi) is 53.4. The molecule has 480 valence electrons. The summed E-state index contributed by atoms with van der Waals surface area (Å²) in [6.45, 7) is 9.36. The Morgan fingerprint density at radius 3 is 0.840 bits per heavy atom. The Hall–Kier alpha value is -1.94. The molecule has 0 aromatic carbocycles. The summed E-state index contributed by atoms with van der Waals surface area (Å²) in [6, 6.07) is 0. The van der Waals surface area contributed by atoms with E-state index in [1.54, 1.807) is 0 Å². The highest BCUT2D eigenvalue weighted by Gasteiger charge is 2.30. The fourth-order valence-electron chi connectivity index (χ4n) is 9.18. The van der Waals surface area contributed by atoms with Crippen molar-refractivity contribution in [3.63, 3.8) is 0 Å². The van der Waals surface area contributed by atoms with Crippen molar-refractivity contribution in [1.29, 1.82) is 0 Å². The Morgan fingerprint density at radius 1 is 0.333 bits per heavy atom. The number of esters is 4. The van der Waals surface area contributed by atoms with Crippen LogP contribution in [0, 0.1) is 11.8 Å². The first-order chi connectivity index (χ1) is 38.9. The number of phosphoric ester groups is 2. The molecule has 0 aliphatic heterocycles. The molecule has 0 saturated heterocycles. The molecule has 2 unspecified atom stereocenters. The third-order valence-electron chi connectivity index (χ3n) is 14.2. The average Bonchev–Trinajstić information content (AvgIpc) is 3.42. The molecule has 0 amide bonds. The van der Waals surface area contributed by atoms with Crippen LogP contribution < -0.4 is 0 Å². The van der Waals surface area contributed by atoms with E-state index in [1.165, 1.54) is 116 Å². The molecule has 0 saturated carbocycles. The van der Waals surface area contributed by atoms with Gasteiger partial charge in [0.1, 0.15) is 19.3 Å². The maximum Gasteiger partial charge on any atom is 0.472 e. The zero-order valence-corrected chi connectivity index (χ0v) is 53.9. The minimum atomic E-state index is -4.94. The highest BCUT2D eigenvalue weighted by atomic mass is 31.2. The minimum Gasteiger partial charge on any atom is -0.462 e. The Bertz CT molecular complexity index is 1600. The summed E-state index contributed by atoms with van der Waals surface area (Å²) in [5.74, 6) is -0.636. The van der Waals surface area contributed by atoms with Gasteiger partial charge in [-0.05, 0) is 37.5 Å². The quantitative estimate of drug-likeness (QED) is 0.0222. The summed E-state index contributed by atoms with van der Waals surface area (Å²) in [6.07, 6.45) is 36.6. The van der Waals surface area contributed by atoms with Gasteiger partial charge in [0.25, 0.3) is 0 Å². The monoisotopic (exact) mass is 1200 g/mol. The van der Waals surface area contributed by atoms with Crippen LogP contribution in [0.2, 0.25) is 0 Å². The van der Waals surface area contributed by atoms with Crippen molar-refractivity contribution >= 4 is 39.5 Å². The Morgan fingerprint density at radius 2 is 0.568 bits per heavy atom. The number of hydrogen-bond acceptors (Lipinski definition) is 15. The van der Waals surface area contributed by atoms with Crippen LogP contribution in [0.15, 0.2) is 0 Å². The molecule has 0 rings (SSSR count). The van der Waals surface area contributed by atoms with Gasteiger partial charge in [-0.25, -0.2) is 9.13 Å². The number of aliphatic hydroxyl groups is 1. The number of ether oxygens (including phenoxy) is 4. The lowest BCUT2D eigenvalue weighted by molar-refractivity contribution is -0.161. The van der Waals surface area contributed by atoms with E-state index in [4.69, 9.17) is 37.0 Å². The first kappa shape index (κ1) is 79.1. The largest absolute Gasteiger partial charge is 0.472 e. The predicted molar refractivity (Wildman–Crippen MR) is 321 cm³/mol. The van der Waals surface area contributed by atoms with Crippen molar-refractivity contribution in [1.82, 2.24) is 0 Å². The number of hydrogen-bond donors (Lipinski definition) is 3. The van der Waals surface area contributed by atoms with Crippen molar-refractivity contribution in [2.24, 2.45) is 11.8 Å². The molecule has 0 aliphatic carbocycles. The smallest absolute Gasteiger partial charge is 0.462 e. The maximum atomic E-state index is 12.9. The maximum absolute atomic E-state index is 12.9. The molecule has 0 fully saturated rings. The van der Waals surface area contributed by atoms with E-state index in [2.05, 4.69) is 41.5 Å². The predicted octanol–water partition coefficient (Wildman–Crippen LogP) is 16.9. The summed E-state index contributed by atoms with van der Waals surface area (Å²) in [7, 11) is -9.87. The molecule has 0 heterocycles. The van der Waals surface area contributed by atoms with E-state index in [-0.39, 0.29) is 25.7 Å². The number of rotatable bonds is 61. The van der Waals surface area contributed by atoms with Crippen LogP contribution in [-0.2, 0) is 65.4 Å². The molecule has 0 aromatic heterocycles. The van der Waals surface area contributed by atoms with E-state index >= 15 is 0 Å². The average molecular weight is 1200 g/mol. The third-order valence-corrected chi connectivity index (χ3v) is 16.1. The van der Waals surface area contributed by atoms with Gasteiger partial charge < -0.3 is 33.8 Å². The minimum absolute atomic E-state index is 0.104. The molecule has 0 spiro atoms. The van der Waals surface area contributed by atoms with Crippen LogP contribution in [0.1, 0.15) is 305 Å². The first-order valence-electron chi connectivity index (χ1n) is 32.5. The fourth-order valence-corrected chi connectivity index (χ4v) is 10.8. The molecule has 17 nitrogen and oxygen atoms in total. The van der Waals surface area contributed by atoms with E-state index in [0.717, 1.165) is 108 Å². The van der Waals surface area contributed by atoms with Crippen LogP contribution in [0.3, 0.4) is 0 Å². The molecular formula is C62H120O17P2. The van der Waals surface area contributed by atoms with Crippen LogP contribution in [-0.4, -0.2) is 96.7 Å². The number of unbranched alkanes of at least 4 members (excludes halogenated alkanes) is 31. The molecule has 0 bridgehead atoms. The van der Waals surface area contributed by atoms with Gasteiger partial charge in [-0.2, -0.15) is 0 Å². The molecule has 3 N–H and O–H groups in total. The first-order valence-corrected chi connectivity index (χ1v) is 35.5. The van der Waals surface area contributed by atoms with Crippen LogP contribution >= 0.6 is 15.6 Å². The van der Waals surface area contributed by atoms with Crippen LogP contribution in [0.5, 0.6) is 0 Å². The van der Waals surface area contributed by atoms with Crippen molar-refractivity contribution in [3.05, 3.63) is 0 Å². The molecule has 5 atom stereocenters. The second kappa shape index (κ2) is 54.7. The summed E-state index contributed by atoms with van der Waals surface area (Å²) >= 11 is 0. The molecule has 0 aliphatic rings. The van der Waals surface area contributed by atoms with E-state index < -0.39 is 97.5 Å². The fraction of sp³-hybridized carbons (Fsp3) is 0.935. The summed E-state index contributed by atoms with van der Waals surface area (Å²) < 4.78 is 67.7. The van der Waals surface area contributed by atoms with Crippen molar-refractivity contribution in [3.8, 4) is 0 Å². The normalized spacial score (nSPS) is 14.4. The van der Waals surface area contributed by atoms with Gasteiger partial charge in [0, 0.05) is 25.7 Å².